The van der Waals surface area contributed by atoms with Crippen LogP contribution in [0, 0.1) is 0 Å². The van der Waals surface area contributed by atoms with Crippen molar-refractivity contribution in [2.75, 3.05) is 0 Å². The van der Waals surface area contributed by atoms with Gasteiger partial charge < -0.3 is 19.7 Å². The predicted octanol–water partition coefficient (Wildman–Crippen LogP) is 0.586. The van der Waals surface area contributed by atoms with Crippen molar-refractivity contribution in [1.82, 2.24) is 0 Å². The number of benzene rings is 1. The summed E-state index contributed by atoms with van der Waals surface area (Å²) in [6, 6.07) is 3.75. The van der Waals surface area contributed by atoms with Crippen molar-refractivity contribution in [2.45, 2.75) is 12.7 Å². The lowest BCUT2D eigenvalue weighted by Crippen LogP contribution is -2.26. The lowest BCUT2D eigenvalue weighted by Gasteiger charge is -2.22. The number of aromatic hydroxyl groups is 2. The zero-order valence-corrected chi connectivity index (χ0v) is 8.04. The molecule has 1 aromatic carbocycles. The second kappa shape index (κ2) is 3.73. The third-order valence-electron chi connectivity index (χ3n) is 2.04. The molecule has 1 aliphatic heterocycles. The number of ether oxygens (including phenoxy) is 2. The standard InChI is InChI=1S/C10H8O6/c11-6-2-1-5(3-7(6)12)10-15-8(13)4-9(14)16-10/h1-3,10-12H,4H2. The Morgan fingerprint density at radius 1 is 1.06 bits per heavy atom. The average molecular weight is 224 g/mol. The highest BCUT2D eigenvalue weighted by atomic mass is 16.7. The first kappa shape index (κ1) is 10.3. The number of rotatable bonds is 1. The molecule has 1 heterocycles. The van der Waals surface area contributed by atoms with Crippen molar-refractivity contribution < 1.29 is 29.3 Å². The summed E-state index contributed by atoms with van der Waals surface area (Å²) in [7, 11) is 0. The molecular weight excluding hydrogens is 216 g/mol. The highest BCUT2D eigenvalue weighted by Crippen LogP contribution is 2.31. The molecule has 0 bridgehead atoms. The van der Waals surface area contributed by atoms with Crippen LogP contribution < -0.4 is 0 Å². The van der Waals surface area contributed by atoms with Crippen LogP contribution in [-0.2, 0) is 19.1 Å². The van der Waals surface area contributed by atoms with E-state index in [4.69, 9.17) is 14.6 Å². The first-order chi connectivity index (χ1) is 7.56. The molecule has 0 spiro atoms. The van der Waals surface area contributed by atoms with Crippen LogP contribution in [0.25, 0.3) is 0 Å². The summed E-state index contributed by atoms with van der Waals surface area (Å²) in [6.45, 7) is 0. The highest BCUT2D eigenvalue weighted by molar-refractivity contribution is 5.92. The number of hydrogen-bond acceptors (Lipinski definition) is 6. The predicted molar refractivity (Wildman–Crippen MR) is 49.3 cm³/mol. The molecule has 0 atom stereocenters. The molecule has 0 radical (unpaired) electrons. The van der Waals surface area contributed by atoms with E-state index in [-0.39, 0.29) is 17.1 Å². The molecule has 2 N–H and O–H groups in total. The fourth-order valence-corrected chi connectivity index (χ4v) is 1.29. The van der Waals surface area contributed by atoms with Crippen molar-refractivity contribution in [3.05, 3.63) is 23.8 Å². The number of cyclic esters (lactones) is 2. The molecule has 0 unspecified atom stereocenters. The topological polar surface area (TPSA) is 93.1 Å². The van der Waals surface area contributed by atoms with Crippen LogP contribution in [0.5, 0.6) is 11.5 Å². The molecular formula is C10H8O6. The Morgan fingerprint density at radius 2 is 1.69 bits per heavy atom. The monoisotopic (exact) mass is 224 g/mol. The number of hydrogen-bond donors (Lipinski definition) is 2. The minimum atomic E-state index is -1.17. The normalized spacial score (nSPS) is 16.8. The van der Waals surface area contributed by atoms with Gasteiger partial charge in [0.2, 0.25) is 0 Å². The molecule has 84 valence electrons. The third kappa shape index (κ3) is 1.90. The van der Waals surface area contributed by atoms with Gasteiger partial charge in [0.1, 0.15) is 6.42 Å². The minimum Gasteiger partial charge on any atom is -0.504 e. The SMILES string of the molecule is O=C1CC(=O)OC(c2ccc(O)c(O)c2)O1. The molecule has 0 amide bonds. The van der Waals surface area contributed by atoms with Gasteiger partial charge in [0, 0.05) is 5.56 Å². The van der Waals surface area contributed by atoms with Crippen LogP contribution in [-0.4, -0.2) is 22.2 Å². The molecule has 1 fully saturated rings. The second-order valence-electron chi connectivity index (χ2n) is 3.24. The van der Waals surface area contributed by atoms with E-state index in [0.29, 0.717) is 0 Å². The van der Waals surface area contributed by atoms with Crippen LogP contribution >= 0.6 is 0 Å². The van der Waals surface area contributed by atoms with Gasteiger partial charge in [-0.1, -0.05) is 0 Å². The number of esters is 2. The summed E-state index contributed by atoms with van der Waals surface area (Å²) in [5.74, 6) is -2.06. The Bertz CT molecular complexity index is 437. The molecule has 16 heavy (non-hydrogen) atoms. The quantitative estimate of drug-likeness (QED) is 0.412. The largest absolute Gasteiger partial charge is 0.504 e. The first-order valence-electron chi connectivity index (χ1n) is 4.47. The van der Waals surface area contributed by atoms with Crippen molar-refractivity contribution in [3.8, 4) is 11.5 Å². The summed E-state index contributed by atoms with van der Waals surface area (Å²) in [5, 5.41) is 18.3. The van der Waals surface area contributed by atoms with Crippen molar-refractivity contribution in [2.24, 2.45) is 0 Å². The molecule has 1 aromatic rings. The maximum absolute atomic E-state index is 11.0. The zero-order valence-electron chi connectivity index (χ0n) is 8.04. The lowest BCUT2D eigenvalue weighted by atomic mass is 10.2. The van der Waals surface area contributed by atoms with Crippen molar-refractivity contribution in [3.63, 3.8) is 0 Å². The molecule has 0 aliphatic carbocycles. The Labute approximate surface area is 90.0 Å². The van der Waals surface area contributed by atoms with Crippen LogP contribution in [0.1, 0.15) is 18.3 Å². The summed E-state index contributed by atoms with van der Waals surface area (Å²) < 4.78 is 9.53. The third-order valence-corrected chi connectivity index (χ3v) is 2.04. The molecule has 6 nitrogen and oxygen atoms in total. The molecule has 0 saturated carbocycles. The van der Waals surface area contributed by atoms with E-state index >= 15 is 0 Å². The number of carbonyl (C=O) groups is 2. The Morgan fingerprint density at radius 3 is 2.25 bits per heavy atom. The fourth-order valence-electron chi connectivity index (χ4n) is 1.29. The smallest absolute Gasteiger partial charge is 0.320 e. The van der Waals surface area contributed by atoms with E-state index in [1.54, 1.807) is 0 Å². The maximum Gasteiger partial charge on any atom is 0.320 e. The maximum atomic E-state index is 11.0. The Balaban J connectivity index is 2.26. The van der Waals surface area contributed by atoms with Gasteiger partial charge in [0.25, 0.3) is 6.29 Å². The van der Waals surface area contributed by atoms with E-state index in [1.807, 2.05) is 0 Å². The van der Waals surface area contributed by atoms with Crippen LogP contribution in [0.15, 0.2) is 18.2 Å². The average Bonchev–Trinajstić information content (AvgIpc) is 2.20. The summed E-state index contributed by atoms with van der Waals surface area (Å²) >= 11 is 0. The van der Waals surface area contributed by atoms with Gasteiger partial charge in [0.05, 0.1) is 0 Å². The molecule has 1 saturated heterocycles. The van der Waals surface area contributed by atoms with Gasteiger partial charge in [-0.3, -0.25) is 9.59 Å². The molecule has 0 aromatic heterocycles. The molecule has 1 aliphatic rings. The van der Waals surface area contributed by atoms with E-state index in [9.17, 15) is 14.7 Å². The van der Waals surface area contributed by atoms with Crippen LogP contribution in [0.3, 0.4) is 0 Å². The van der Waals surface area contributed by atoms with Gasteiger partial charge in [-0.25, -0.2) is 0 Å². The van der Waals surface area contributed by atoms with E-state index in [2.05, 4.69) is 0 Å². The minimum absolute atomic E-state index is 0.275. The zero-order chi connectivity index (χ0) is 11.7. The van der Waals surface area contributed by atoms with Gasteiger partial charge in [-0.15, -0.1) is 0 Å². The van der Waals surface area contributed by atoms with Gasteiger partial charge in [0.15, 0.2) is 11.5 Å². The van der Waals surface area contributed by atoms with Crippen LogP contribution in [0.2, 0.25) is 0 Å². The Hall–Kier alpha value is -2.24. The number of phenols is 2. The lowest BCUT2D eigenvalue weighted by molar-refractivity contribution is -0.204. The second-order valence-corrected chi connectivity index (χ2v) is 3.24. The first-order valence-corrected chi connectivity index (χ1v) is 4.47. The summed E-state index contributed by atoms with van der Waals surface area (Å²) in [5.41, 5.74) is 0.275. The Kier molecular flexibility index (Phi) is 2.40. The summed E-state index contributed by atoms with van der Waals surface area (Å²) in [4.78, 5) is 21.9. The van der Waals surface area contributed by atoms with Gasteiger partial charge in [-0.05, 0) is 18.2 Å². The van der Waals surface area contributed by atoms with Crippen molar-refractivity contribution >= 4 is 11.9 Å². The summed E-state index contributed by atoms with van der Waals surface area (Å²) in [6.07, 6.45) is -1.58. The highest BCUT2D eigenvalue weighted by Gasteiger charge is 2.29. The van der Waals surface area contributed by atoms with Gasteiger partial charge >= 0.3 is 11.9 Å². The van der Waals surface area contributed by atoms with E-state index < -0.39 is 24.6 Å². The van der Waals surface area contributed by atoms with E-state index in [1.165, 1.54) is 12.1 Å². The van der Waals surface area contributed by atoms with Gasteiger partial charge in [-0.2, -0.15) is 0 Å². The fraction of sp³-hybridized carbons (Fsp3) is 0.200. The van der Waals surface area contributed by atoms with E-state index in [0.717, 1.165) is 6.07 Å². The van der Waals surface area contributed by atoms with Crippen LogP contribution in [0.4, 0.5) is 0 Å². The number of carbonyl (C=O) groups excluding carboxylic acids is 2. The molecule has 2 rings (SSSR count). The number of phenolic OH excluding ortho intramolecular Hbond substituents is 2. The molecule has 6 heteroatoms. The van der Waals surface area contributed by atoms with Crippen molar-refractivity contribution in [1.29, 1.82) is 0 Å².